The molecular weight excluding hydrogens is 238 g/mol. The van der Waals surface area contributed by atoms with Gasteiger partial charge in [-0.1, -0.05) is 33.1 Å². The lowest BCUT2D eigenvalue weighted by Crippen LogP contribution is -2.49. The molecule has 1 aliphatic carbocycles. The Morgan fingerprint density at radius 2 is 2.11 bits per heavy atom. The van der Waals surface area contributed by atoms with Crippen LogP contribution in [0, 0.1) is 5.92 Å². The summed E-state index contributed by atoms with van der Waals surface area (Å²) in [4.78, 5) is 0. The Morgan fingerprint density at radius 1 is 1.21 bits per heavy atom. The van der Waals surface area contributed by atoms with Crippen LogP contribution in [-0.4, -0.2) is 38.0 Å². The molecule has 2 aliphatic rings. The van der Waals surface area contributed by atoms with Gasteiger partial charge in [0.1, 0.15) is 0 Å². The summed E-state index contributed by atoms with van der Waals surface area (Å²) in [7, 11) is 0. The van der Waals surface area contributed by atoms with Crippen LogP contribution >= 0.6 is 0 Å². The minimum atomic E-state index is 0.265. The van der Waals surface area contributed by atoms with Crippen LogP contribution in [0.2, 0.25) is 0 Å². The Balaban J connectivity index is 1.80. The van der Waals surface area contributed by atoms with E-state index in [1.165, 1.54) is 38.5 Å². The summed E-state index contributed by atoms with van der Waals surface area (Å²) in [5.41, 5.74) is 0. The molecule has 4 atom stereocenters. The first-order chi connectivity index (χ1) is 9.33. The van der Waals surface area contributed by atoms with Crippen LogP contribution in [0.3, 0.4) is 0 Å². The van der Waals surface area contributed by atoms with E-state index in [9.17, 15) is 0 Å². The number of hydrogen-bond acceptors (Lipinski definition) is 3. The van der Waals surface area contributed by atoms with E-state index in [2.05, 4.69) is 19.2 Å². The largest absolute Gasteiger partial charge is 0.379 e. The van der Waals surface area contributed by atoms with Gasteiger partial charge in [0.05, 0.1) is 18.8 Å². The number of rotatable bonds is 6. The predicted octanol–water partition coefficient (Wildman–Crippen LogP) is 3.13. The zero-order chi connectivity index (χ0) is 13.5. The average Bonchev–Trinajstić information content (AvgIpc) is 2.46. The van der Waals surface area contributed by atoms with Gasteiger partial charge in [-0.25, -0.2) is 0 Å². The predicted molar refractivity (Wildman–Crippen MR) is 78.4 cm³/mol. The lowest BCUT2D eigenvalue weighted by molar-refractivity contribution is -0.112. The second kappa shape index (κ2) is 8.23. The quantitative estimate of drug-likeness (QED) is 0.803. The van der Waals surface area contributed by atoms with E-state index >= 15 is 0 Å². The molecule has 1 saturated carbocycles. The van der Waals surface area contributed by atoms with Gasteiger partial charge in [0.2, 0.25) is 0 Å². The topological polar surface area (TPSA) is 30.5 Å². The van der Waals surface area contributed by atoms with Crippen LogP contribution in [0.5, 0.6) is 0 Å². The van der Waals surface area contributed by atoms with Crippen molar-refractivity contribution < 1.29 is 9.47 Å². The van der Waals surface area contributed by atoms with Crippen LogP contribution in [0.4, 0.5) is 0 Å². The molecule has 1 N–H and O–H groups in total. The average molecular weight is 269 g/mol. The Bertz CT molecular complexity index is 247. The van der Waals surface area contributed by atoms with E-state index in [0.29, 0.717) is 12.1 Å². The van der Waals surface area contributed by atoms with Crippen molar-refractivity contribution in [1.82, 2.24) is 5.32 Å². The molecule has 19 heavy (non-hydrogen) atoms. The van der Waals surface area contributed by atoms with Crippen molar-refractivity contribution in [3.63, 3.8) is 0 Å². The second-order valence-corrected chi connectivity index (χ2v) is 6.16. The Labute approximate surface area is 118 Å². The third-order valence-corrected chi connectivity index (χ3v) is 4.64. The van der Waals surface area contributed by atoms with Crippen LogP contribution in [-0.2, 0) is 9.47 Å². The summed E-state index contributed by atoms with van der Waals surface area (Å²) < 4.78 is 12.0. The lowest BCUT2D eigenvalue weighted by atomic mass is 9.85. The molecule has 2 rings (SSSR count). The van der Waals surface area contributed by atoms with Gasteiger partial charge < -0.3 is 14.8 Å². The van der Waals surface area contributed by atoms with Crippen molar-refractivity contribution in [1.29, 1.82) is 0 Å². The number of nitrogens with one attached hydrogen (secondary N) is 1. The summed E-state index contributed by atoms with van der Waals surface area (Å²) >= 11 is 0. The molecule has 0 radical (unpaired) electrons. The van der Waals surface area contributed by atoms with Gasteiger partial charge in [-0.3, -0.25) is 0 Å². The van der Waals surface area contributed by atoms with Gasteiger partial charge in [-0.2, -0.15) is 0 Å². The van der Waals surface area contributed by atoms with Gasteiger partial charge in [-0.15, -0.1) is 0 Å². The van der Waals surface area contributed by atoms with Gasteiger partial charge in [0.15, 0.2) is 0 Å². The van der Waals surface area contributed by atoms with Crippen LogP contribution in [0.1, 0.15) is 58.8 Å². The van der Waals surface area contributed by atoms with E-state index in [1.54, 1.807) is 0 Å². The second-order valence-electron chi connectivity index (χ2n) is 6.16. The first kappa shape index (κ1) is 15.3. The fourth-order valence-corrected chi connectivity index (χ4v) is 3.39. The summed E-state index contributed by atoms with van der Waals surface area (Å²) in [6, 6.07) is 0.496. The van der Waals surface area contributed by atoms with Crippen molar-refractivity contribution >= 4 is 0 Å². The van der Waals surface area contributed by atoms with E-state index in [1.807, 2.05) is 0 Å². The fraction of sp³-hybridized carbons (Fsp3) is 1.00. The summed E-state index contributed by atoms with van der Waals surface area (Å²) in [5.74, 6) is 0.880. The summed E-state index contributed by atoms with van der Waals surface area (Å²) in [6.07, 6.45) is 9.55. The van der Waals surface area contributed by atoms with E-state index in [0.717, 1.165) is 32.1 Å². The molecule has 3 nitrogen and oxygen atoms in total. The SMILES string of the molecule is CCCNC1CCOCC1OC1CCCC(CC)C1. The molecule has 0 amide bonds. The molecule has 0 bridgehead atoms. The molecule has 2 fully saturated rings. The highest BCUT2D eigenvalue weighted by Gasteiger charge is 2.30. The zero-order valence-electron chi connectivity index (χ0n) is 12.7. The van der Waals surface area contributed by atoms with Crippen LogP contribution in [0.25, 0.3) is 0 Å². The van der Waals surface area contributed by atoms with E-state index in [-0.39, 0.29) is 6.10 Å². The highest BCUT2D eigenvalue weighted by Crippen LogP contribution is 2.30. The van der Waals surface area contributed by atoms with Crippen molar-refractivity contribution in [2.45, 2.75) is 77.0 Å². The highest BCUT2D eigenvalue weighted by molar-refractivity contribution is 4.83. The summed E-state index contributed by atoms with van der Waals surface area (Å²) in [6.45, 7) is 7.27. The van der Waals surface area contributed by atoms with Gasteiger partial charge in [0, 0.05) is 12.6 Å². The minimum absolute atomic E-state index is 0.265. The Morgan fingerprint density at radius 3 is 2.89 bits per heavy atom. The molecule has 0 aromatic rings. The molecule has 3 heteroatoms. The van der Waals surface area contributed by atoms with Gasteiger partial charge >= 0.3 is 0 Å². The minimum Gasteiger partial charge on any atom is -0.379 e. The molecular formula is C16H31NO2. The van der Waals surface area contributed by atoms with Crippen molar-refractivity contribution in [2.24, 2.45) is 5.92 Å². The van der Waals surface area contributed by atoms with Crippen molar-refractivity contribution in [2.75, 3.05) is 19.8 Å². The molecule has 1 saturated heterocycles. The maximum Gasteiger partial charge on any atom is 0.0965 e. The van der Waals surface area contributed by atoms with E-state index < -0.39 is 0 Å². The maximum atomic E-state index is 6.39. The van der Waals surface area contributed by atoms with Crippen molar-refractivity contribution in [3.05, 3.63) is 0 Å². The first-order valence-corrected chi connectivity index (χ1v) is 8.30. The number of ether oxygens (including phenoxy) is 2. The monoisotopic (exact) mass is 269 g/mol. The van der Waals surface area contributed by atoms with Crippen LogP contribution in [0.15, 0.2) is 0 Å². The lowest BCUT2D eigenvalue weighted by Gasteiger charge is -2.37. The molecule has 0 spiro atoms. The normalized spacial score (nSPS) is 36.3. The molecule has 0 aromatic heterocycles. The number of hydrogen-bond donors (Lipinski definition) is 1. The van der Waals surface area contributed by atoms with Crippen molar-refractivity contribution in [3.8, 4) is 0 Å². The third-order valence-electron chi connectivity index (χ3n) is 4.64. The molecule has 0 aromatic carbocycles. The Hall–Kier alpha value is -0.120. The maximum absolute atomic E-state index is 6.39. The smallest absolute Gasteiger partial charge is 0.0965 e. The molecule has 1 aliphatic heterocycles. The van der Waals surface area contributed by atoms with Gasteiger partial charge in [0.25, 0.3) is 0 Å². The van der Waals surface area contributed by atoms with Crippen LogP contribution < -0.4 is 5.32 Å². The molecule has 1 heterocycles. The summed E-state index contributed by atoms with van der Waals surface area (Å²) in [5, 5.41) is 3.63. The Kier molecular flexibility index (Phi) is 6.62. The first-order valence-electron chi connectivity index (χ1n) is 8.30. The highest BCUT2D eigenvalue weighted by atomic mass is 16.5. The van der Waals surface area contributed by atoms with E-state index in [4.69, 9.17) is 9.47 Å². The van der Waals surface area contributed by atoms with Gasteiger partial charge in [-0.05, 0) is 38.1 Å². The zero-order valence-corrected chi connectivity index (χ0v) is 12.7. The molecule has 112 valence electrons. The standard InChI is InChI=1S/C16H31NO2/c1-3-9-17-15-8-10-18-12-16(15)19-14-7-5-6-13(4-2)11-14/h13-17H,3-12H2,1-2H3. The molecule has 4 unspecified atom stereocenters. The fourth-order valence-electron chi connectivity index (χ4n) is 3.39. The third kappa shape index (κ3) is 4.73.